The lowest BCUT2D eigenvalue weighted by atomic mass is 10.1. The van der Waals surface area contributed by atoms with Gasteiger partial charge in [0, 0.05) is 32.3 Å². The Morgan fingerprint density at radius 1 is 1.00 bits per heavy atom. The number of hydrogen-bond acceptors (Lipinski definition) is 8. The Labute approximate surface area is 182 Å². The van der Waals surface area contributed by atoms with E-state index in [2.05, 4.69) is 48.3 Å². The molecule has 3 aromatic rings. The molecule has 9 heteroatoms. The van der Waals surface area contributed by atoms with Gasteiger partial charge in [-0.1, -0.05) is 29.8 Å². The van der Waals surface area contributed by atoms with Crippen molar-refractivity contribution in [3.8, 4) is 0 Å². The third-order valence-corrected chi connectivity index (χ3v) is 12.3. The molecular formula is C19H23NO3S4Si. The Morgan fingerprint density at radius 2 is 1.75 bits per heavy atom. The highest BCUT2D eigenvalue weighted by Gasteiger charge is 2.37. The van der Waals surface area contributed by atoms with E-state index in [1.54, 1.807) is 64.1 Å². The standard InChI is InChI=1S/C19H23NO3S4Si/c1-14-9-10-17(15(13-14)11-12-28(21-2,22-3)23-4)25-27-26-19-20-16-7-5-6-8-18(16)24-19/h5-10,13H,11-12H2,1-4H3. The van der Waals surface area contributed by atoms with Crippen LogP contribution >= 0.6 is 42.8 Å². The maximum Gasteiger partial charge on any atom is 0.500 e. The minimum Gasteiger partial charge on any atom is -0.377 e. The first-order valence-corrected chi connectivity index (χ1v) is 14.9. The zero-order valence-corrected chi connectivity index (χ0v) is 20.5. The molecule has 0 aliphatic heterocycles. The van der Waals surface area contributed by atoms with Crippen molar-refractivity contribution in [3.63, 3.8) is 0 Å². The molecule has 0 fully saturated rings. The minimum absolute atomic E-state index is 0.753. The van der Waals surface area contributed by atoms with Crippen molar-refractivity contribution in [1.82, 2.24) is 4.98 Å². The van der Waals surface area contributed by atoms with Gasteiger partial charge in [-0.3, -0.25) is 0 Å². The minimum atomic E-state index is -2.57. The van der Waals surface area contributed by atoms with E-state index in [0.29, 0.717) is 0 Å². The molecule has 0 N–H and O–H groups in total. The summed E-state index contributed by atoms with van der Waals surface area (Å²) in [6, 6.07) is 15.6. The second-order valence-electron chi connectivity index (χ2n) is 6.09. The molecule has 28 heavy (non-hydrogen) atoms. The Kier molecular flexibility index (Phi) is 8.30. The van der Waals surface area contributed by atoms with E-state index in [1.807, 2.05) is 6.07 Å². The molecule has 0 spiro atoms. The van der Waals surface area contributed by atoms with Crippen molar-refractivity contribution in [3.05, 3.63) is 53.6 Å². The fourth-order valence-electron chi connectivity index (χ4n) is 2.80. The van der Waals surface area contributed by atoms with Gasteiger partial charge >= 0.3 is 8.80 Å². The fourth-order valence-corrected chi connectivity index (χ4v) is 9.92. The number of hydrogen-bond donors (Lipinski definition) is 0. The largest absolute Gasteiger partial charge is 0.500 e. The molecule has 0 aliphatic rings. The van der Waals surface area contributed by atoms with Gasteiger partial charge in [-0.05, 0) is 68.5 Å². The number of aromatic nitrogens is 1. The summed E-state index contributed by atoms with van der Waals surface area (Å²) in [5.74, 6) is 0. The first-order chi connectivity index (χ1) is 13.6. The molecule has 150 valence electrons. The number of aryl methyl sites for hydroxylation is 2. The van der Waals surface area contributed by atoms with Crippen LogP contribution in [-0.4, -0.2) is 35.1 Å². The van der Waals surface area contributed by atoms with Gasteiger partial charge in [0.2, 0.25) is 0 Å². The molecule has 0 radical (unpaired) electrons. The van der Waals surface area contributed by atoms with Crippen molar-refractivity contribution in [2.45, 2.75) is 28.6 Å². The second-order valence-corrected chi connectivity index (χ2v) is 14.4. The number of fused-ring (bicyclic) bond motifs is 1. The van der Waals surface area contributed by atoms with Crippen LogP contribution in [0.25, 0.3) is 10.2 Å². The third kappa shape index (κ3) is 5.54. The number of benzene rings is 2. The van der Waals surface area contributed by atoms with Gasteiger partial charge in [0.1, 0.15) is 0 Å². The topological polar surface area (TPSA) is 40.6 Å². The predicted octanol–water partition coefficient (Wildman–Crippen LogP) is 6.47. The Balaban J connectivity index is 1.64. The van der Waals surface area contributed by atoms with Gasteiger partial charge < -0.3 is 13.3 Å². The lowest BCUT2D eigenvalue weighted by Crippen LogP contribution is -2.43. The Bertz CT molecular complexity index is 876. The van der Waals surface area contributed by atoms with Gasteiger partial charge in [-0.15, -0.1) is 11.3 Å². The molecule has 1 heterocycles. The van der Waals surface area contributed by atoms with E-state index in [9.17, 15) is 0 Å². The third-order valence-electron chi connectivity index (χ3n) is 4.35. The summed E-state index contributed by atoms with van der Waals surface area (Å²) < 4.78 is 19.0. The number of thiazole rings is 1. The van der Waals surface area contributed by atoms with Crippen LogP contribution in [0.5, 0.6) is 0 Å². The van der Waals surface area contributed by atoms with Crippen LogP contribution < -0.4 is 0 Å². The van der Waals surface area contributed by atoms with Crippen molar-refractivity contribution in [1.29, 1.82) is 0 Å². The summed E-state index contributed by atoms with van der Waals surface area (Å²) >= 11 is 1.74. The molecule has 0 saturated carbocycles. The van der Waals surface area contributed by atoms with E-state index in [0.717, 1.165) is 22.3 Å². The van der Waals surface area contributed by atoms with E-state index in [4.69, 9.17) is 13.3 Å². The van der Waals surface area contributed by atoms with Crippen LogP contribution in [0.4, 0.5) is 0 Å². The van der Waals surface area contributed by atoms with Crippen LogP contribution in [0.2, 0.25) is 6.04 Å². The zero-order valence-electron chi connectivity index (χ0n) is 16.3. The van der Waals surface area contributed by atoms with E-state index < -0.39 is 8.80 Å². The maximum atomic E-state index is 5.57. The summed E-state index contributed by atoms with van der Waals surface area (Å²) in [7, 11) is 7.64. The van der Waals surface area contributed by atoms with Gasteiger partial charge in [-0.2, -0.15) is 0 Å². The van der Waals surface area contributed by atoms with Crippen molar-refractivity contribution >= 4 is 61.8 Å². The summed E-state index contributed by atoms with van der Waals surface area (Å²) in [4.78, 5) is 5.95. The van der Waals surface area contributed by atoms with Gasteiger partial charge in [-0.25, -0.2) is 4.98 Å². The molecule has 0 atom stereocenters. The van der Waals surface area contributed by atoms with Gasteiger partial charge in [0.05, 0.1) is 10.2 Å². The highest BCUT2D eigenvalue weighted by molar-refractivity contribution is 9.09. The maximum absolute atomic E-state index is 5.57. The lowest BCUT2D eigenvalue weighted by Gasteiger charge is -2.24. The Hall–Kier alpha value is -0.523. The van der Waals surface area contributed by atoms with Crippen LogP contribution in [0, 0.1) is 6.92 Å². The zero-order chi connectivity index (χ0) is 20.0. The molecule has 4 nitrogen and oxygen atoms in total. The van der Waals surface area contributed by atoms with Crippen LogP contribution in [-0.2, 0) is 19.7 Å². The summed E-state index contributed by atoms with van der Waals surface area (Å²) in [6.45, 7) is 2.12. The number of rotatable bonds is 10. The molecule has 0 amide bonds. The summed E-state index contributed by atoms with van der Waals surface area (Å²) in [5, 5.41) is 0. The molecular weight excluding hydrogens is 447 g/mol. The SMILES string of the molecule is CO[Si](CCc1cc(C)ccc1SSSc1nc2ccccc2s1)(OC)OC. The Morgan fingerprint density at radius 3 is 2.46 bits per heavy atom. The number of para-hydroxylation sites is 1. The van der Waals surface area contributed by atoms with Gasteiger partial charge in [0.25, 0.3) is 0 Å². The molecule has 0 unspecified atom stereocenters. The molecule has 1 aromatic heterocycles. The van der Waals surface area contributed by atoms with Gasteiger partial charge in [0.15, 0.2) is 4.34 Å². The second kappa shape index (κ2) is 10.5. The quantitative estimate of drug-likeness (QED) is 0.249. The van der Waals surface area contributed by atoms with Crippen molar-refractivity contribution in [2.75, 3.05) is 21.3 Å². The van der Waals surface area contributed by atoms with Crippen LogP contribution in [0.3, 0.4) is 0 Å². The van der Waals surface area contributed by atoms with Crippen LogP contribution in [0.15, 0.2) is 51.7 Å². The molecule has 0 saturated heterocycles. The highest BCUT2D eigenvalue weighted by Crippen LogP contribution is 2.47. The van der Waals surface area contributed by atoms with Crippen LogP contribution in [0.1, 0.15) is 11.1 Å². The molecule has 2 aromatic carbocycles. The smallest absolute Gasteiger partial charge is 0.377 e. The van der Waals surface area contributed by atoms with Crippen molar-refractivity contribution < 1.29 is 13.3 Å². The predicted molar refractivity (Wildman–Crippen MR) is 125 cm³/mol. The van der Waals surface area contributed by atoms with E-state index in [1.165, 1.54) is 20.7 Å². The first kappa shape index (κ1) is 22.2. The van der Waals surface area contributed by atoms with E-state index >= 15 is 0 Å². The molecule has 0 bridgehead atoms. The highest BCUT2D eigenvalue weighted by atomic mass is 33.5. The fraction of sp³-hybridized carbons (Fsp3) is 0.316. The first-order valence-electron chi connectivity index (χ1n) is 8.71. The monoisotopic (exact) mass is 469 g/mol. The molecule has 3 rings (SSSR count). The molecule has 0 aliphatic carbocycles. The summed E-state index contributed by atoms with van der Waals surface area (Å²) in [6.07, 6.45) is 0.859. The van der Waals surface area contributed by atoms with Crippen molar-refractivity contribution in [2.24, 2.45) is 0 Å². The average Bonchev–Trinajstić information content (AvgIpc) is 3.14. The summed E-state index contributed by atoms with van der Waals surface area (Å²) in [5.41, 5.74) is 3.62. The number of nitrogens with zero attached hydrogens (tertiary/aromatic N) is 1. The average molecular weight is 470 g/mol. The van der Waals surface area contributed by atoms with E-state index in [-0.39, 0.29) is 0 Å². The lowest BCUT2D eigenvalue weighted by molar-refractivity contribution is 0.123. The normalized spacial score (nSPS) is 12.0.